The summed E-state index contributed by atoms with van der Waals surface area (Å²) in [4.78, 5) is 10.5. The summed E-state index contributed by atoms with van der Waals surface area (Å²) in [5.74, 6) is -4.98. The molecule has 1 aromatic rings. The molecule has 0 aliphatic carbocycles. The van der Waals surface area contributed by atoms with Crippen molar-refractivity contribution in [3.8, 4) is 0 Å². The number of aromatic nitrogens is 3. The van der Waals surface area contributed by atoms with E-state index in [1.807, 2.05) is 0 Å². The number of alkyl halides is 3. The van der Waals surface area contributed by atoms with E-state index in [-0.39, 0.29) is 11.1 Å². The highest BCUT2D eigenvalue weighted by atomic mass is 32.2. The van der Waals surface area contributed by atoms with Crippen LogP contribution in [0.1, 0.15) is 0 Å². The lowest BCUT2D eigenvalue weighted by Crippen LogP contribution is -2.32. The van der Waals surface area contributed by atoms with E-state index in [9.17, 15) is 18.0 Å². The number of thioether (sulfide) groups is 1. The predicted octanol–water partition coefficient (Wildman–Crippen LogP) is 0.753. The monoisotopic (exact) mass is 270 g/mol. The van der Waals surface area contributed by atoms with Crippen LogP contribution in [0.25, 0.3) is 0 Å². The Morgan fingerprint density at radius 1 is 1.59 bits per heavy atom. The van der Waals surface area contributed by atoms with Gasteiger partial charge in [0.1, 0.15) is 0 Å². The van der Waals surface area contributed by atoms with Gasteiger partial charge in [-0.05, 0) is 0 Å². The molecule has 0 bridgehead atoms. The van der Waals surface area contributed by atoms with Crippen LogP contribution >= 0.6 is 11.8 Å². The maximum Gasteiger partial charge on any atom is 0.403 e. The van der Waals surface area contributed by atoms with Gasteiger partial charge in [0, 0.05) is 12.8 Å². The van der Waals surface area contributed by atoms with Crippen molar-refractivity contribution in [2.45, 2.75) is 11.3 Å². The molecule has 1 heterocycles. The lowest BCUT2D eigenvalue weighted by Gasteiger charge is -2.14. The second-order valence-electron chi connectivity index (χ2n) is 3.14. The molecule has 96 valence electrons. The van der Waals surface area contributed by atoms with Crippen molar-refractivity contribution in [3.63, 3.8) is 0 Å². The number of carbonyl (C=O) groups is 1. The van der Waals surface area contributed by atoms with E-state index in [1.165, 1.54) is 11.6 Å². The molecule has 17 heavy (non-hydrogen) atoms. The topological polar surface area (TPSA) is 94.0 Å². The van der Waals surface area contributed by atoms with Crippen molar-refractivity contribution in [1.82, 2.24) is 14.8 Å². The third-order valence-corrected chi connectivity index (χ3v) is 3.05. The van der Waals surface area contributed by atoms with Gasteiger partial charge in [-0.1, -0.05) is 11.8 Å². The van der Waals surface area contributed by atoms with Gasteiger partial charge < -0.3 is 10.8 Å². The van der Waals surface area contributed by atoms with Gasteiger partial charge in [-0.3, -0.25) is 9.36 Å². The van der Waals surface area contributed by atoms with E-state index in [1.54, 1.807) is 0 Å². The van der Waals surface area contributed by atoms with Crippen LogP contribution in [0.4, 0.5) is 19.1 Å². The van der Waals surface area contributed by atoms with Crippen molar-refractivity contribution in [1.29, 1.82) is 0 Å². The van der Waals surface area contributed by atoms with Crippen LogP contribution in [0.15, 0.2) is 5.16 Å². The molecule has 0 saturated carbocycles. The normalized spacial score (nSPS) is 13.6. The Morgan fingerprint density at radius 2 is 2.18 bits per heavy atom. The Kier molecular flexibility index (Phi) is 3.86. The fraction of sp³-hybridized carbons (Fsp3) is 0.571. The zero-order valence-corrected chi connectivity index (χ0v) is 9.42. The van der Waals surface area contributed by atoms with E-state index >= 15 is 0 Å². The summed E-state index contributed by atoms with van der Waals surface area (Å²) in [7, 11) is 1.47. The van der Waals surface area contributed by atoms with Gasteiger partial charge in [-0.2, -0.15) is 13.2 Å². The standard InChI is InChI=1S/C7H9F3N4O2S/c1-14-5(11)12-13-6(14)17-2-3(4(15)16)7(8,9)10/h3H,2H2,1H3,(H2,11,12)(H,15,16). The van der Waals surface area contributed by atoms with Gasteiger partial charge in [-0.25, -0.2) is 0 Å². The van der Waals surface area contributed by atoms with E-state index in [0.717, 1.165) is 0 Å². The number of anilines is 1. The first-order valence-electron chi connectivity index (χ1n) is 4.30. The fourth-order valence-electron chi connectivity index (χ4n) is 0.916. The molecule has 0 spiro atoms. The second-order valence-corrected chi connectivity index (χ2v) is 4.13. The predicted molar refractivity (Wildman–Crippen MR) is 53.3 cm³/mol. The molecule has 0 fully saturated rings. The molecule has 1 aromatic heterocycles. The van der Waals surface area contributed by atoms with Gasteiger partial charge >= 0.3 is 12.1 Å². The molecule has 0 saturated heterocycles. The van der Waals surface area contributed by atoms with Gasteiger partial charge in [0.2, 0.25) is 5.95 Å². The van der Waals surface area contributed by atoms with Crippen LogP contribution in [-0.4, -0.2) is 37.8 Å². The van der Waals surface area contributed by atoms with E-state index < -0.39 is 23.8 Å². The first kappa shape index (κ1) is 13.6. The molecule has 0 aromatic carbocycles. The number of rotatable bonds is 4. The highest BCUT2D eigenvalue weighted by Crippen LogP contribution is 2.31. The highest BCUT2D eigenvalue weighted by Gasteiger charge is 2.45. The molecule has 1 unspecified atom stereocenters. The molecule has 0 amide bonds. The Labute approximate surface area is 98.0 Å². The molecule has 1 atom stereocenters. The molecular weight excluding hydrogens is 261 g/mol. The van der Waals surface area contributed by atoms with Crippen molar-refractivity contribution in [2.75, 3.05) is 11.5 Å². The van der Waals surface area contributed by atoms with Crippen LogP contribution in [-0.2, 0) is 11.8 Å². The Balaban J connectivity index is 2.71. The van der Waals surface area contributed by atoms with Crippen molar-refractivity contribution < 1.29 is 23.1 Å². The summed E-state index contributed by atoms with van der Waals surface area (Å²) in [6, 6.07) is 0. The minimum atomic E-state index is -4.79. The summed E-state index contributed by atoms with van der Waals surface area (Å²) >= 11 is 0.640. The van der Waals surface area contributed by atoms with Crippen molar-refractivity contribution >= 4 is 23.7 Å². The minimum Gasteiger partial charge on any atom is -0.481 e. The quantitative estimate of drug-likeness (QED) is 0.784. The van der Waals surface area contributed by atoms with Crippen molar-refractivity contribution in [3.05, 3.63) is 0 Å². The molecule has 0 aliphatic heterocycles. The zero-order chi connectivity index (χ0) is 13.2. The van der Waals surface area contributed by atoms with Gasteiger partial charge in [0.05, 0.1) is 0 Å². The maximum atomic E-state index is 12.3. The molecular formula is C7H9F3N4O2S. The Bertz CT molecular complexity index is 420. The number of halogens is 3. The Morgan fingerprint density at radius 3 is 2.53 bits per heavy atom. The fourth-order valence-corrected chi connectivity index (χ4v) is 1.95. The van der Waals surface area contributed by atoms with Gasteiger partial charge in [0.15, 0.2) is 11.1 Å². The summed E-state index contributed by atoms with van der Waals surface area (Å²) < 4.78 is 38.2. The molecule has 1 rings (SSSR count). The highest BCUT2D eigenvalue weighted by molar-refractivity contribution is 7.99. The number of nitrogens with zero attached hydrogens (tertiary/aromatic N) is 3. The van der Waals surface area contributed by atoms with Crippen molar-refractivity contribution in [2.24, 2.45) is 13.0 Å². The first-order chi connectivity index (χ1) is 7.73. The van der Waals surface area contributed by atoms with Crippen LogP contribution in [0, 0.1) is 5.92 Å². The first-order valence-corrected chi connectivity index (χ1v) is 5.29. The Hall–Kier alpha value is -1.45. The van der Waals surface area contributed by atoms with Crippen LogP contribution in [0.3, 0.4) is 0 Å². The number of nitrogens with two attached hydrogens (primary N) is 1. The lowest BCUT2D eigenvalue weighted by molar-refractivity contribution is -0.188. The number of aliphatic carboxylic acids is 1. The average molecular weight is 270 g/mol. The summed E-state index contributed by atoms with van der Waals surface area (Å²) in [5.41, 5.74) is 5.33. The smallest absolute Gasteiger partial charge is 0.403 e. The molecule has 6 nitrogen and oxygen atoms in total. The third kappa shape index (κ3) is 3.25. The summed E-state index contributed by atoms with van der Waals surface area (Å²) in [6.45, 7) is 0. The minimum absolute atomic E-state index is 0.0476. The number of nitrogen functional groups attached to an aromatic ring is 1. The SMILES string of the molecule is Cn1c(N)nnc1SCC(C(=O)O)C(F)(F)F. The molecule has 0 radical (unpaired) electrons. The number of hydrogen-bond acceptors (Lipinski definition) is 5. The number of carboxylic acids is 1. The summed E-state index contributed by atoms with van der Waals surface area (Å²) in [6.07, 6.45) is -4.79. The maximum absolute atomic E-state index is 12.3. The third-order valence-electron chi connectivity index (χ3n) is 1.94. The summed E-state index contributed by atoms with van der Waals surface area (Å²) in [5, 5.41) is 15.6. The molecule has 10 heteroatoms. The lowest BCUT2D eigenvalue weighted by atomic mass is 10.2. The largest absolute Gasteiger partial charge is 0.481 e. The van der Waals surface area contributed by atoms with Gasteiger partial charge in [0.25, 0.3) is 0 Å². The van der Waals surface area contributed by atoms with Crippen LogP contribution in [0.2, 0.25) is 0 Å². The number of carboxylic acid groups (broad SMARTS) is 1. The van der Waals surface area contributed by atoms with E-state index in [2.05, 4.69) is 10.2 Å². The molecule has 3 N–H and O–H groups in total. The van der Waals surface area contributed by atoms with E-state index in [4.69, 9.17) is 10.8 Å². The number of hydrogen-bond donors (Lipinski definition) is 2. The van der Waals surface area contributed by atoms with Crippen LogP contribution in [0.5, 0.6) is 0 Å². The van der Waals surface area contributed by atoms with E-state index in [0.29, 0.717) is 11.8 Å². The average Bonchev–Trinajstić information content (AvgIpc) is 2.47. The van der Waals surface area contributed by atoms with Gasteiger partial charge in [-0.15, -0.1) is 10.2 Å². The second kappa shape index (κ2) is 4.82. The van der Waals surface area contributed by atoms with Crippen LogP contribution < -0.4 is 5.73 Å². The molecule has 0 aliphatic rings. The zero-order valence-electron chi connectivity index (χ0n) is 8.60.